The Hall–Kier alpha value is -3.32. The minimum absolute atomic E-state index is 0.0832. The fourth-order valence-corrected chi connectivity index (χ4v) is 3.70. The number of para-hydroxylation sites is 1. The summed E-state index contributed by atoms with van der Waals surface area (Å²) < 4.78 is 6.05. The molecule has 8 heteroatoms. The molecule has 2 N–H and O–H groups in total. The first kappa shape index (κ1) is 20.4. The summed E-state index contributed by atoms with van der Waals surface area (Å²) in [5, 5.41) is 16.3. The highest BCUT2D eigenvalue weighted by Crippen LogP contribution is 2.50. The second-order valence-corrected chi connectivity index (χ2v) is 7.07. The van der Waals surface area contributed by atoms with E-state index in [-0.39, 0.29) is 17.7 Å². The third-order valence-electron chi connectivity index (χ3n) is 4.73. The summed E-state index contributed by atoms with van der Waals surface area (Å²) in [4.78, 5) is 33.5. The molecule has 2 aliphatic rings. The first-order valence-electron chi connectivity index (χ1n) is 8.73. The average molecular weight is 416 g/mol. The number of rotatable bonds is 2. The normalized spacial score (nSPS) is 19.2. The first-order valence-corrected chi connectivity index (χ1v) is 9.11. The van der Waals surface area contributed by atoms with Crippen LogP contribution in [0.25, 0.3) is 0 Å². The largest absolute Gasteiger partial charge is 0.478 e. The quantitative estimate of drug-likeness (QED) is 0.727. The molecular weight excluding hydrogens is 398 g/mol. The first-order chi connectivity index (χ1) is 13.8. The number of carbonyl (C=O) groups excluding carboxylic acids is 1. The van der Waals surface area contributed by atoms with Crippen molar-refractivity contribution < 1.29 is 29.3 Å². The van der Waals surface area contributed by atoms with Crippen molar-refractivity contribution in [3.8, 4) is 11.5 Å². The number of hydrogen-bond donors (Lipinski definition) is 2. The van der Waals surface area contributed by atoms with Gasteiger partial charge in [-0.25, -0.2) is 9.59 Å². The van der Waals surface area contributed by atoms with Gasteiger partial charge in [-0.1, -0.05) is 29.8 Å². The highest BCUT2D eigenvalue weighted by Gasteiger charge is 2.44. The number of carboxylic acid groups (broad SMARTS) is 2. The minimum Gasteiger partial charge on any atom is -0.478 e. The summed E-state index contributed by atoms with van der Waals surface area (Å²) in [5.41, 5.74) is 1.98. The van der Waals surface area contributed by atoms with E-state index in [0.717, 1.165) is 22.6 Å². The van der Waals surface area contributed by atoms with Crippen LogP contribution in [0.3, 0.4) is 0 Å². The lowest BCUT2D eigenvalue weighted by Crippen LogP contribution is -2.21. The summed E-state index contributed by atoms with van der Waals surface area (Å²) in [5.74, 6) is -0.922. The molecule has 2 atom stereocenters. The molecule has 0 saturated carbocycles. The smallest absolute Gasteiger partial charge is 0.328 e. The van der Waals surface area contributed by atoms with Crippen molar-refractivity contribution in [3.63, 3.8) is 0 Å². The van der Waals surface area contributed by atoms with Crippen LogP contribution in [0.1, 0.15) is 23.0 Å². The van der Waals surface area contributed by atoms with Gasteiger partial charge in [-0.05, 0) is 24.3 Å². The second kappa shape index (κ2) is 8.36. The van der Waals surface area contributed by atoms with Gasteiger partial charge in [-0.15, -0.1) is 0 Å². The fraction of sp³-hybridized carbons (Fsp3) is 0.190. The van der Waals surface area contributed by atoms with Crippen LogP contribution in [-0.2, 0) is 14.4 Å². The molecule has 1 fully saturated rings. The van der Waals surface area contributed by atoms with Crippen molar-refractivity contribution in [2.75, 3.05) is 13.6 Å². The van der Waals surface area contributed by atoms with Gasteiger partial charge in [0, 0.05) is 47.8 Å². The number of ether oxygens (including phenoxy) is 1. The van der Waals surface area contributed by atoms with Gasteiger partial charge in [0.2, 0.25) is 5.91 Å². The molecule has 0 aromatic heterocycles. The van der Waals surface area contributed by atoms with Gasteiger partial charge in [0.25, 0.3) is 0 Å². The highest BCUT2D eigenvalue weighted by atomic mass is 35.5. The molecule has 0 unspecified atom stereocenters. The van der Waals surface area contributed by atoms with Gasteiger partial charge in [-0.2, -0.15) is 0 Å². The number of likely N-dealkylation sites (N-methyl/N-ethyl adjacent to an activating group) is 1. The molecule has 0 spiro atoms. The number of benzene rings is 2. The summed E-state index contributed by atoms with van der Waals surface area (Å²) in [6.07, 6.45) is 1.12. The zero-order valence-electron chi connectivity index (χ0n) is 15.4. The molecule has 2 aromatic rings. The lowest BCUT2D eigenvalue weighted by molar-refractivity contribution is -0.134. The van der Waals surface area contributed by atoms with Gasteiger partial charge in [-0.3, -0.25) is 4.79 Å². The van der Waals surface area contributed by atoms with Gasteiger partial charge in [0.15, 0.2) is 0 Å². The molecule has 0 radical (unpaired) electrons. The topological polar surface area (TPSA) is 104 Å². The van der Waals surface area contributed by atoms with E-state index < -0.39 is 11.9 Å². The van der Waals surface area contributed by atoms with Crippen LogP contribution in [-0.4, -0.2) is 46.6 Å². The monoisotopic (exact) mass is 415 g/mol. The molecule has 4 rings (SSSR count). The molecular formula is C21H18ClNO6. The molecule has 2 aromatic carbocycles. The maximum absolute atomic E-state index is 12.6. The lowest BCUT2D eigenvalue weighted by Gasteiger charge is -2.15. The SMILES string of the molecule is CN1C[C@@H]2c3cc(Cl)ccc3Oc3ccccc3[C@H]2C1=O.O=C(O)/C=C\C(=O)O. The maximum atomic E-state index is 12.6. The van der Waals surface area contributed by atoms with Crippen LogP contribution < -0.4 is 4.74 Å². The van der Waals surface area contributed by atoms with Crippen molar-refractivity contribution in [1.29, 1.82) is 0 Å². The Balaban J connectivity index is 0.000000258. The zero-order chi connectivity index (χ0) is 21.1. The standard InChI is InChI=1S/C17H14ClNO2.C4H4O4/c1-19-9-13-12-8-10(18)6-7-15(12)21-14-5-3-2-4-11(14)16(13)17(19)20;5-3(6)1-2-4(7)8/h2-8,13,16H,9H2,1H3;1-2H,(H,5,6)(H,7,8)/b;2-1-/t13-,16-;/m1./s1. The number of carboxylic acids is 2. The van der Waals surface area contributed by atoms with Crippen molar-refractivity contribution in [3.05, 3.63) is 70.8 Å². The number of carbonyl (C=O) groups is 3. The van der Waals surface area contributed by atoms with E-state index in [0.29, 0.717) is 23.7 Å². The van der Waals surface area contributed by atoms with Crippen molar-refractivity contribution in [2.24, 2.45) is 0 Å². The van der Waals surface area contributed by atoms with Crippen LogP contribution >= 0.6 is 11.6 Å². The molecule has 2 heterocycles. The molecule has 7 nitrogen and oxygen atoms in total. The van der Waals surface area contributed by atoms with Crippen molar-refractivity contribution in [2.45, 2.75) is 11.8 Å². The molecule has 2 aliphatic heterocycles. The van der Waals surface area contributed by atoms with Crippen LogP contribution in [0.5, 0.6) is 11.5 Å². The Morgan fingerprint density at radius 1 is 1.07 bits per heavy atom. The third kappa shape index (κ3) is 4.41. The Labute approximate surface area is 171 Å². The molecule has 0 bridgehead atoms. The van der Waals surface area contributed by atoms with Crippen molar-refractivity contribution in [1.82, 2.24) is 4.90 Å². The number of likely N-dealkylation sites (tertiary alicyclic amines) is 1. The number of halogens is 1. The van der Waals surface area contributed by atoms with Crippen LogP contribution in [0.4, 0.5) is 0 Å². The van der Waals surface area contributed by atoms with E-state index >= 15 is 0 Å². The minimum atomic E-state index is -1.26. The van der Waals surface area contributed by atoms with E-state index in [1.807, 2.05) is 49.5 Å². The average Bonchev–Trinajstić information content (AvgIpc) is 2.89. The predicted molar refractivity (Wildman–Crippen MR) is 105 cm³/mol. The van der Waals surface area contributed by atoms with Crippen LogP contribution in [0, 0.1) is 0 Å². The van der Waals surface area contributed by atoms with Gasteiger partial charge < -0.3 is 19.8 Å². The maximum Gasteiger partial charge on any atom is 0.328 e. The van der Waals surface area contributed by atoms with Gasteiger partial charge in [0.05, 0.1) is 5.92 Å². The Bertz CT molecular complexity index is 986. The molecule has 1 amide bonds. The van der Waals surface area contributed by atoms with E-state index in [4.69, 9.17) is 26.6 Å². The van der Waals surface area contributed by atoms with E-state index in [1.54, 1.807) is 4.90 Å². The Morgan fingerprint density at radius 2 is 1.69 bits per heavy atom. The molecule has 150 valence electrons. The predicted octanol–water partition coefficient (Wildman–Crippen LogP) is 3.50. The molecule has 1 saturated heterocycles. The summed E-state index contributed by atoms with van der Waals surface area (Å²) in [6.45, 7) is 0.689. The summed E-state index contributed by atoms with van der Waals surface area (Å²) >= 11 is 6.15. The summed E-state index contributed by atoms with van der Waals surface area (Å²) in [6, 6.07) is 13.4. The Morgan fingerprint density at radius 3 is 2.34 bits per heavy atom. The second-order valence-electron chi connectivity index (χ2n) is 6.63. The number of nitrogens with zero attached hydrogens (tertiary/aromatic N) is 1. The number of fused-ring (bicyclic) bond motifs is 5. The number of amides is 1. The molecule has 0 aliphatic carbocycles. The van der Waals surface area contributed by atoms with Crippen molar-refractivity contribution >= 4 is 29.4 Å². The highest BCUT2D eigenvalue weighted by molar-refractivity contribution is 6.30. The van der Waals surface area contributed by atoms with Gasteiger partial charge >= 0.3 is 11.9 Å². The summed E-state index contributed by atoms with van der Waals surface area (Å²) in [7, 11) is 1.85. The number of hydrogen-bond acceptors (Lipinski definition) is 4. The number of aliphatic carboxylic acids is 2. The van der Waals surface area contributed by atoms with Gasteiger partial charge in [0.1, 0.15) is 11.5 Å². The van der Waals surface area contributed by atoms with Crippen LogP contribution in [0.2, 0.25) is 5.02 Å². The van der Waals surface area contributed by atoms with E-state index in [1.165, 1.54) is 0 Å². The van der Waals surface area contributed by atoms with E-state index in [9.17, 15) is 14.4 Å². The van der Waals surface area contributed by atoms with Crippen LogP contribution in [0.15, 0.2) is 54.6 Å². The fourth-order valence-electron chi connectivity index (χ4n) is 3.52. The third-order valence-corrected chi connectivity index (χ3v) is 4.96. The lowest BCUT2D eigenvalue weighted by atomic mass is 9.84. The Kier molecular flexibility index (Phi) is 5.89. The van der Waals surface area contributed by atoms with E-state index in [2.05, 4.69) is 0 Å². The zero-order valence-corrected chi connectivity index (χ0v) is 16.2. The molecule has 29 heavy (non-hydrogen) atoms.